The van der Waals surface area contributed by atoms with Gasteiger partial charge in [0.25, 0.3) is 0 Å². The van der Waals surface area contributed by atoms with Crippen molar-refractivity contribution < 1.29 is 0 Å². The summed E-state index contributed by atoms with van der Waals surface area (Å²) in [4.78, 5) is 1.28. The van der Waals surface area contributed by atoms with Crippen LogP contribution in [-0.4, -0.2) is 20.6 Å². The quantitative estimate of drug-likeness (QED) is 0.901. The molecule has 0 aliphatic heterocycles. The maximum atomic E-state index is 3.87. The Bertz CT molecular complexity index is 412. The zero-order valence-electron chi connectivity index (χ0n) is 8.07. The van der Waals surface area contributed by atoms with Crippen LogP contribution >= 0.6 is 27.3 Å². The molecule has 0 saturated carbocycles. The van der Waals surface area contributed by atoms with Crippen molar-refractivity contribution in [1.29, 1.82) is 0 Å². The fourth-order valence-corrected chi connectivity index (χ4v) is 2.61. The van der Waals surface area contributed by atoms with Crippen LogP contribution in [0.4, 0.5) is 0 Å². The SMILES string of the molecule is CC(NCc1nn[nH]n1)c1ccc(Br)s1. The number of aromatic amines is 1. The van der Waals surface area contributed by atoms with Gasteiger partial charge in [-0.2, -0.15) is 5.21 Å². The molecule has 0 amide bonds. The molecule has 2 heterocycles. The van der Waals surface area contributed by atoms with Crippen molar-refractivity contribution in [3.05, 3.63) is 26.6 Å². The molecular weight excluding hydrogens is 278 g/mol. The summed E-state index contributed by atoms with van der Waals surface area (Å²) in [6.45, 7) is 2.73. The molecule has 2 aromatic heterocycles. The van der Waals surface area contributed by atoms with E-state index in [2.05, 4.69) is 54.9 Å². The van der Waals surface area contributed by atoms with Crippen molar-refractivity contribution >= 4 is 27.3 Å². The van der Waals surface area contributed by atoms with Crippen molar-refractivity contribution in [3.63, 3.8) is 0 Å². The van der Waals surface area contributed by atoms with Gasteiger partial charge in [-0.25, -0.2) is 0 Å². The lowest BCUT2D eigenvalue weighted by Crippen LogP contribution is -2.17. The van der Waals surface area contributed by atoms with E-state index in [1.165, 1.54) is 4.88 Å². The summed E-state index contributed by atoms with van der Waals surface area (Å²) in [5.74, 6) is 0.678. The van der Waals surface area contributed by atoms with Gasteiger partial charge in [-0.1, -0.05) is 5.21 Å². The lowest BCUT2D eigenvalue weighted by Gasteiger charge is -2.09. The summed E-state index contributed by atoms with van der Waals surface area (Å²) in [5.41, 5.74) is 0. The largest absolute Gasteiger partial charge is 0.302 e. The van der Waals surface area contributed by atoms with E-state index in [1.54, 1.807) is 11.3 Å². The molecule has 0 saturated heterocycles. The highest BCUT2D eigenvalue weighted by molar-refractivity contribution is 9.11. The predicted octanol–water partition coefficient (Wildman–Crippen LogP) is 1.87. The number of hydrogen-bond acceptors (Lipinski definition) is 5. The number of rotatable bonds is 4. The van der Waals surface area contributed by atoms with Crippen LogP contribution in [0.3, 0.4) is 0 Å². The standard InChI is InChI=1S/C8H10BrN5S/c1-5(6-2-3-7(9)15-6)10-4-8-11-13-14-12-8/h2-3,5,10H,4H2,1H3,(H,11,12,13,14). The Morgan fingerprint density at radius 1 is 1.60 bits per heavy atom. The molecule has 0 aliphatic carbocycles. The molecule has 0 radical (unpaired) electrons. The third-order valence-corrected chi connectivity index (χ3v) is 3.78. The summed E-state index contributed by atoms with van der Waals surface area (Å²) < 4.78 is 1.14. The molecule has 0 aliphatic rings. The highest BCUT2D eigenvalue weighted by Gasteiger charge is 2.08. The van der Waals surface area contributed by atoms with Gasteiger partial charge < -0.3 is 5.32 Å². The Morgan fingerprint density at radius 2 is 2.47 bits per heavy atom. The van der Waals surface area contributed by atoms with E-state index in [-0.39, 0.29) is 0 Å². The first-order chi connectivity index (χ1) is 7.25. The van der Waals surface area contributed by atoms with E-state index >= 15 is 0 Å². The fourth-order valence-electron chi connectivity index (χ4n) is 1.16. The summed E-state index contributed by atoms with van der Waals surface area (Å²) in [7, 11) is 0. The average Bonchev–Trinajstić information content (AvgIpc) is 2.84. The molecule has 80 valence electrons. The lowest BCUT2D eigenvalue weighted by atomic mass is 10.3. The molecular formula is C8H10BrN5S. The van der Waals surface area contributed by atoms with Crippen LogP contribution in [0.1, 0.15) is 23.7 Å². The molecule has 1 atom stereocenters. The first-order valence-electron chi connectivity index (χ1n) is 4.46. The number of thiophene rings is 1. The predicted molar refractivity (Wildman–Crippen MR) is 61.5 cm³/mol. The highest BCUT2D eigenvalue weighted by atomic mass is 79.9. The van der Waals surface area contributed by atoms with Gasteiger partial charge in [-0.15, -0.1) is 21.5 Å². The summed E-state index contributed by atoms with van der Waals surface area (Å²) in [5, 5.41) is 17.0. The molecule has 2 N–H and O–H groups in total. The zero-order valence-corrected chi connectivity index (χ0v) is 10.5. The topological polar surface area (TPSA) is 66.5 Å². The highest BCUT2D eigenvalue weighted by Crippen LogP contribution is 2.26. The first-order valence-corrected chi connectivity index (χ1v) is 6.07. The van der Waals surface area contributed by atoms with E-state index in [1.807, 2.05) is 6.07 Å². The van der Waals surface area contributed by atoms with Crippen molar-refractivity contribution in [2.45, 2.75) is 19.5 Å². The molecule has 0 spiro atoms. The van der Waals surface area contributed by atoms with Crippen molar-refractivity contribution in [2.24, 2.45) is 0 Å². The summed E-state index contributed by atoms with van der Waals surface area (Å²) >= 11 is 5.16. The number of tetrazole rings is 1. The van der Waals surface area contributed by atoms with E-state index < -0.39 is 0 Å². The number of H-pyrrole nitrogens is 1. The molecule has 15 heavy (non-hydrogen) atoms. The van der Waals surface area contributed by atoms with Gasteiger partial charge >= 0.3 is 0 Å². The number of halogens is 1. The number of nitrogens with zero attached hydrogens (tertiary/aromatic N) is 3. The third-order valence-electron chi connectivity index (χ3n) is 1.98. The second-order valence-electron chi connectivity index (χ2n) is 3.07. The molecule has 0 fully saturated rings. The second-order valence-corrected chi connectivity index (χ2v) is 5.57. The minimum Gasteiger partial charge on any atom is -0.302 e. The van der Waals surface area contributed by atoms with Crippen LogP contribution in [0.5, 0.6) is 0 Å². The first kappa shape index (κ1) is 10.7. The molecule has 1 unspecified atom stereocenters. The Hall–Kier alpha value is -0.790. The zero-order chi connectivity index (χ0) is 10.7. The van der Waals surface area contributed by atoms with E-state index in [0.717, 1.165) is 3.79 Å². The second kappa shape index (κ2) is 4.82. The van der Waals surface area contributed by atoms with E-state index in [9.17, 15) is 0 Å². The van der Waals surface area contributed by atoms with Crippen LogP contribution < -0.4 is 5.32 Å². The Morgan fingerprint density at radius 3 is 3.07 bits per heavy atom. The van der Waals surface area contributed by atoms with Gasteiger partial charge in [-0.05, 0) is 35.0 Å². The smallest absolute Gasteiger partial charge is 0.188 e. The van der Waals surface area contributed by atoms with Crippen LogP contribution in [0.15, 0.2) is 15.9 Å². The molecule has 5 nitrogen and oxygen atoms in total. The Balaban J connectivity index is 1.90. The van der Waals surface area contributed by atoms with Crippen molar-refractivity contribution in [1.82, 2.24) is 25.9 Å². The van der Waals surface area contributed by atoms with Gasteiger partial charge in [0.15, 0.2) is 5.82 Å². The third kappa shape index (κ3) is 2.83. The molecule has 2 aromatic rings. The lowest BCUT2D eigenvalue weighted by molar-refractivity contribution is 0.567. The van der Waals surface area contributed by atoms with Gasteiger partial charge in [-0.3, -0.25) is 0 Å². The maximum absolute atomic E-state index is 3.87. The number of nitrogens with one attached hydrogen (secondary N) is 2. The Labute approximate surface area is 99.4 Å². The summed E-state index contributed by atoms with van der Waals surface area (Å²) in [6, 6.07) is 4.44. The van der Waals surface area contributed by atoms with E-state index in [0.29, 0.717) is 18.4 Å². The van der Waals surface area contributed by atoms with Crippen LogP contribution in [0, 0.1) is 0 Å². The maximum Gasteiger partial charge on any atom is 0.188 e. The molecule has 7 heteroatoms. The van der Waals surface area contributed by atoms with Crippen LogP contribution in [0.25, 0.3) is 0 Å². The van der Waals surface area contributed by atoms with E-state index in [4.69, 9.17) is 0 Å². The molecule has 0 bridgehead atoms. The van der Waals surface area contributed by atoms with Crippen molar-refractivity contribution in [2.75, 3.05) is 0 Å². The summed E-state index contributed by atoms with van der Waals surface area (Å²) in [6.07, 6.45) is 0. The minimum absolute atomic E-state index is 0.291. The fraction of sp³-hybridized carbons (Fsp3) is 0.375. The van der Waals surface area contributed by atoms with Crippen molar-refractivity contribution in [3.8, 4) is 0 Å². The minimum atomic E-state index is 0.291. The van der Waals surface area contributed by atoms with Crippen LogP contribution in [-0.2, 0) is 6.54 Å². The monoisotopic (exact) mass is 287 g/mol. The number of aromatic nitrogens is 4. The Kier molecular flexibility index (Phi) is 3.45. The van der Waals surface area contributed by atoms with Crippen LogP contribution in [0.2, 0.25) is 0 Å². The van der Waals surface area contributed by atoms with Gasteiger partial charge in [0.1, 0.15) is 0 Å². The van der Waals surface area contributed by atoms with Gasteiger partial charge in [0.2, 0.25) is 0 Å². The van der Waals surface area contributed by atoms with Gasteiger partial charge in [0.05, 0.1) is 10.3 Å². The van der Waals surface area contributed by atoms with Gasteiger partial charge in [0, 0.05) is 10.9 Å². The normalized spacial score (nSPS) is 12.9. The molecule has 0 aromatic carbocycles. The number of hydrogen-bond donors (Lipinski definition) is 2. The average molecular weight is 288 g/mol. The molecule has 2 rings (SSSR count).